The molecule has 0 saturated carbocycles. The van der Waals surface area contributed by atoms with Crippen molar-refractivity contribution in [2.24, 2.45) is 0 Å². The lowest BCUT2D eigenvalue weighted by Crippen LogP contribution is -2.38. The van der Waals surface area contributed by atoms with Crippen LogP contribution >= 0.6 is 0 Å². The van der Waals surface area contributed by atoms with Gasteiger partial charge in [-0.25, -0.2) is 4.39 Å². The standard InChI is InChI=1S/C20H25FN2O2/c1-24-19-8-3-5-15(20(19)25-2)14-23-11-9-17(10-12-23)22-18-7-4-6-16(21)13-18/h3-8,13,17,22H,9-12,14H2,1-2H3. The van der Waals surface area contributed by atoms with Gasteiger partial charge in [-0.3, -0.25) is 4.90 Å². The lowest BCUT2D eigenvalue weighted by molar-refractivity contribution is 0.208. The third kappa shape index (κ3) is 4.42. The van der Waals surface area contributed by atoms with E-state index in [0.717, 1.165) is 55.2 Å². The fourth-order valence-corrected chi connectivity index (χ4v) is 3.37. The van der Waals surface area contributed by atoms with Crippen LogP contribution in [0, 0.1) is 5.82 Å². The molecule has 134 valence electrons. The zero-order valence-electron chi connectivity index (χ0n) is 14.8. The first-order chi connectivity index (χ1) is 12.2. The molecule has 0 radical (unpaired) electrons. The Balaban J connectivity index is 1.56. The summed E-state index contributed by atoms with van der Waals surface area (Å²) >= 11 is 0. The zero-order chi connectivity index (χ0) is 17.6. The number of hydrogen-bond acceptors (Lipinski definition) is 4. The van der Waals surface area contributed by atoms with E-state index in [-0.39, 0.29) is 5.82 Å². The summed E-state index contributed by atoms with van der Waals surface area (Å²) < 4.78 is 24.2. The summed E-state index contributed by atoms with van der Waals surface area (Å²) in [5, 5.41) is 3.44. The zero-order valence-corrected chi connectivity index (χ0v) is 14.8. The fraction of sp³-hybridized carbons (Fsp3) is 0.400. The van der Waals surface area contributed by atoms with Gasteiger partial charge in [-0.2, -0.15) is 0 Å². The van der Waals surface area contributed by atoms with Crippen molar-refractivity contribution in [3.05, 3.63) is 53.8 Å². The minimum atomic E-state index is -0.201. The molecule has 0 unspecified atom stereocenters. The number of para-hydroxylation sites is 1. The molecule has 4 nitrogen and oxygen atoms in total. The normalized spacial score (nSPS) is 15.8. The number of methoxy groups -OCH3 is 2. The van der Waals surface area contributed by atoms with Crippen molar-refractivity contribution in [3.8, 4) is 11.5 Å². The molecule has 3 rings (SSSR count). The second-order valence-electron chi connectivity index (χ2n) is 6.36. The molecule has 1 N–H and O–H groups in total. The van der Waals surface area contributed by atoms with Gasteiger partial charge in [0.1, 0.15) is 5.82 Å². The summed E-state index contributed by atoms with van der Waals surface area (Å²) in [5.74, 6) is 1.38. The summed E-state index contributed by atoms with van der Waals surface area (Å²) in [4.78, 5) is 2.42. The first-order valence-corrected chi connectivity index (χ1v) is 8.64. The van der Waals surface area contributed by atoms with E-state index in [4.69, 9.17) is 9.47 Å². The van der Waals surface area contributed by atoms with Crippen LogP contribution in [0.5, 0.6) is 11.5 Å². The predicted octanol–water partition coefficient (Wildman–Crippen LogP) is 3.92. The Labute approximate surface area is 148 Å². The van der Waals surface area contributed by atoms with Crippen molar-refractivity contribution in [1.82, 2.24) is 4.90 Å². The van der Waals surface area contributed by atoms with Crippen LogP contribution < -0.4 is 14.8 Å². The van der Waals surface area contributed by atoms with Gasteiger partial charge in [0.25, 0.3) is 0 Å². The van der Waals surface area contributed by atoms with Crippen molar-refractivity contribution in [2.75, 3.05) is 32.6 Å². The van der Waals surface area contributed by atoms with E-state index in [9.17, 15) is 4.39 Å². The quantitative estimate of drug-likeness (QED) is 0.861. The summed E-state index contributed by atoms with van der Waals surface area (Å²) in [7, 11) is 3.34. The maximum Gasteiger partial charge on any atom is 0.165 e. The van der Waals surface area contributed by atoms with E-state index >= 15 is 0 Å². The van der Waals surface area contributed by atoms with E-state index in [2.05, 4.69) is 16.3 Å². The Morgan fingerprint density at radius 2 is 1.84 bits per heavy atom. The molecule has 1 aliphatic heterocycles. The van der Waals surface area contributed by atoms with Crippen LogP contribution in [0.4, 0.5) is 10.1 Å². The van der Waals surface area contributed by atoms with Crippen LogP contribution in [0.25, 0.3) is 0 Å². The number of nitrogens with zero attached hydrogens (tertiary/aromatic N) is 1. The SMILES string of the molecule is COc1cccc(CN2CCC(Nc3cccc(F)c3)CC2)c1OC. The molecule has 0 amide bonds. The number of anilines is 1. The molecule has 1 fully saturated rings. The van der Waals surface area contributed by atoms with Gasteiger partial charge in [-0.1, -0.05) is 18.2 Å². The third-order valence-corrected chi connectivity index (χ3v) is 4.66. The maximum atomic E-state index is 13.3. The van der Waals surface area contributed by atoms with Crippen LogP contribution in [0.2, 0.25) is 0 Å². The van der Waals surface area contributed by atoms with E-state index in [1.165, 1.54) is 6.07 Å². The molecule has 0 spiro atoms. The van der Waals surface area contributed by atoms with Gasteiger partial charge in [0.15, 0.2) is 11.5 Å². The molecule has 0 atom stereocenters. The maximum absolute atomic E-state index is 13.3. The highest BCUT2D eigenvalue weighted by Gasteiger charge is 2.21. The van der Waals surface area contributed by atoms with Crippen LogP contribution in [0.1, 0.15) is 18.4 Å². The number of halogens is 1. The van der Waals surface area contributed by atoms with E-state index in [1.807, 2.05) is 18.2 Å². The van der Waals surface area contributed by atoms with Crippen molar-refractivity contribution in [3.63, 3.8) is 0 Å². The first kappa shape index (κ1) is 17.5. The summed E-state index contributed by atoms with van der Waals surface area (Å²) in [5.41, 5.74) is 1.99. The molecule has 0 aliphatic carbocycles. The van der Waals surface area contributed by atoms with Crippen molar-refractivity contribution >= 4 is 5.69 Å². The number of piperidine rings is 1. The highest BCUT2D eigenvalue weighted by molar-refractivity contribution is 5.46. The first-order valence-electron chi connectivity index (χ1n) is 8.64. The molecular formula is C20H25FN2O2. The molecule has 25 heavy (non-hydrogen) atoms. The van der Waals surface area contributed by atoms with Crippen LogP contribution in [-0.4, -0.2) is 38.3 Å². The third-order valence-electron chi connectivity index (χ3n) is 4.66. The number of hydrogen-bond donors (Lipinski definition) is 1. The minimum Gasteiger partial charge on any atom is -0.493 e. The van der Waals surface area contributed by atoms with Gasteiger partial charge in [-0.05, 0) is 37.1 Å². The monoisotopic (exact) mass is 344 g/mol. The molecule has 1 aliphatic rings. The summed E-state index contributed by atoms with van der Waals surface area (Å²) in [6, 6.07) is 13.0. The lowest BCUT2D eigenvalue weighted by atomic mass is 10.0. The van der Waals surface area contributed by atoms with E-state index in [0.29, 0.717) is 6.04 Å². The van der Waals surface area contributed by atoms with Gasteiger partial charge >= 0.3 is 0 Å². The van der Waals surface area contributed by atoms with Crippen molar-refractivity contribution in [1.29, 1.82) is 0 Å². The topological polar surface area (TPSA) is 33.7 Å². The average Bonchev–Trinajstić information content (AvgIpc) is 2.63. The minimum absolute atomic E-state index is 0.201. The Hall–Kier alpha value is -2.27. The Bertz CT molecular complexity index is 700. The molecule has 0 bridgehead atoms. The van der Waals surface area contributed by atoms with Gasteiger partial charge in [0.05, 0.1) is 14.2 Å². The average molecular weight is 344 g/mol. The summed E-state index contributed by atoms with van der Waals surface area (Å²) in [6.45, 7) is 2.83. The van der Waals surface area contributed by atoms with Crippen molar-refractivity contribution < 1.29 is 13.9 Å². The second kappa shape index (κ2) is 8.21. The van der Waals surface area contributed by atoms with E-state index < -0.39 is 0 Å². The number of rotatable bonds is 6. The Morgan fingerprint density at radius 3 is 2.52 bits per heavy atom. The highest BCUT2D eigenvalue weighted by atomic mass is 19.1. The highest BCUT2D eigenvalue weighted by Crippen LogP contribution is 2.32. The lowest BCUT2D eigenvalue weighted by Gasteiger charge is -2.33. The smallest absolute Gasteiger partial charge is 0.165 e. The molecule has 2 aromatic carbocycles. The second-order valence-corrected chi connectivity index (χ2v) is 6.36. The number of ether oxygens (including phenoxy) is 2. The largest absolute Gasteiger partial charge is 0.493 e. The van der Waals surface area contributed by atoms with Gasteiger partial charge in [0.2, 0.25) is 0 Å². The fourth-order valence-electron chi connectivity index (χ4n) is 3.37. The van der Waals surface area contributed by atoms with Gasteiger partial charge < -0.3 is 14.8 Å². The number of likely N-dealkylation sites (tertiary alicyclic amines) is 1. The van der Waals surface area contributed by atoms with E-state index in [1.54, 1.807) is 26.4 Å². The molecule has 1 saturated heterocycles. The van der Waals surface area contributed by atoms with Crippen LogP contribution in [0.3, 0.4) is 0 Å². The molecule has 5 heteroatoms. The number of benzene rings is 2. The molecular weight excluding hydrogens is 319 g/mol. The molecule has 2 aromatic rings. The summed E-state index contributed by atoms with van der Waals surface area (Å²) in [6.07, 6.45) is 2.06. The van der Waals surface area contributed by atoms with Crippen LogP contribution in [0.15, 0.2) is 42.5 Å². The van der Waals surface area contributed by atoms with Gasteiger partial charge in [0, 0.05) is 36.9 Å². The predicted molar refractivity (Wildman–Crippen MR) is 97.9 cm³/mol. The van der Waals surface area contributed by atoms with Gasteiger partial charge in [-0.15, -0.1) is 0 Å². The Kier molecular flexibility index (Phi) is 5.76. The molecule has 0 aromatic heterocycles. The van der Waals surface area contributed by atoms with Crippen molar-refractivity contribution in [2.45, 2.75) is 25.4 Å². The number of nitrogens with one attached hydrogen (secondary N) is 1. The van der Waals surface area contributed by atoms with Crippen LogP contribution in [-0.2, 0) is 6.54 Å². The Morgan fingerprint density at radius 1 is 1.08 bits per heavy atom. The molecule has 1 heterocycles.